The van der Waals surface area contributed by atoms with Crippen LogP contribution in [0.2, 0.25) is 0 Å². The summed E-state index contributed by atoms with van der Waals surface area (Å²) in [6, 6.07) is 0.471. The van der Waals surface area contributed by atoms with Crippen LogP contribution in [0.4, 0.5) is 0 Å². The minimum absolute atomic E-state index is 0.192. The Labute approximate surface area is 118 Å². The van der Waals surface area contributed by atoms with Crippen LogP contribution < -0.4 is 5.32 Å². The van der Waals surface area contributed by atoms with E-state index < -0.39 is 10.0 Å². The molecule has 19 heavy (non-hydrogen) atoms. The van der Waals surface area contributed by atoms with Gasteiger partial charge in [0.1, 0.15) is 0 Å². The molecule has 3 unspecified atom stereocenters. The number of fused-ring (bicyclic) bond motifs is 2. The lowest BCUT2D eigenvalue weighted by atomic mass is 9.69. The largest absolute Gasteiger partial charge is 0.312 e. The Morgan fingerprint density at radius 2 is 1.89 bits per heavy atom. The minimum Gasteiger partial charge on any atom is -0.312 e. The van der Waals surface area contributed by atoms with Crippen molar-refractivity contribution in [2.24, 2.45) is 16.7 Å². The van der Waals surface area contributed by atoms with Gasteiger partial charge in [0.15, 0.2) is 0 Å². The van der Waals surface area contributed by atoms with Gasteiger partial charge >= 0.3 is 0 Å². The molecule has 0 amide bonds. The van der Waals surface area contributed by atoms with E-state index in [1.807, 2.05) is 0 Å². The van der Waals surface area contributed by atoms with E-state index in [9.17, 15) is 8.42 Å². The molecule has 3 atom stereocenters. The zero-order valence-electron chi connectivity index (χ0n) is 12.9. The van der Waals surface area contributed by atoms with E-state index >= 15 is 0 Å². The van der Waals surface area contributed by atoms with Gasteiger partial charge < -0.3 is 5.32 Å². The number of hydrogen-bond donors (Lipinski definition) is 1. The van der Waals surface area contributed by atoms with Crippen LogP contribution in [0.5, 0.6) is 0 Å². The van der Waals surface area contributed by atoms with Gasteiger partial charge in [0.2, 0.25) is 10.0 Å². The lowest BCUT2D eigenvalue weighted by molar-refractivity contribution is 0.122. The molecule has 0 aliphatic heterocycles. The first-order valence-electron chi connectivity index (χ1n) is 7.25. The zero-order valence-corrected chi connectivity index (χ0v) is 13.7. The first-order valence-corrected chi connectivity index (χ1v) is 8.86. The highest BCUT2D eigenvalue weighted by atomic mass is 32.2. The molecule has 2 bridgehead atoms. The number of sulfonamides is 1. The van der Waals surface area contributed by atoms with E-state index in [4.69, 9.17) is 0 Å². The van der Waals surface area contributed by atoms with Crippen LogP contribution in [0.3, 0.4) is 0 Å². The molecule has 0 saturated heterocycles. The molecule has 2 aliphatic rings. The van der Waals surface area contributed by atoms with E-state index in [2.05, 4.69) is 26.1 Å². The standard InChI is InChI=1S/C14H28N2O2S/c1-13(2)11-6-7-14(13,3)12(10-11)15-8-9-19(17,18)16(4)5/h11-12,15H,6-10H2,1-5H3. The summed E-state index contributed by atoms with van der Waals surface area (Å²) < 4.78 is 24.8. The molecule has 112 valence electrons. The normalized spacial score (nSPS) is 37.2. The molecular weight excluding hydrogens is 260 g/mol. The third-order valence-corrected chi connectivity index (χ3v) is 7.93. The Bertz CT molecular complexity index is 444. The topological polar surface area (TPSA) is 49.4 Å². The van der Waals surface area contributed by atoms with Crippen LogP contribution in [-0.4, -0.2) is 45.2 Å². The Morgan fingerprint density at radius 1 is 1.26 bits per heavy atom. The van der Waals surface area contributed by atoms with Gasteiger partial charge in [0.05, 0.1) is 5.75 Å². The second kappa shape index (κ2) is 4.71. The van der Waals surface area contributed by atoms with Gasteiger partial charge in [-0.3, -0.25) is 0 Å². The molecule has 0 aromatic carbocycles. The number of nitrogens with zero attached hydrogens (tertiary/aromatic N) is 1. The van der Waals surface area contributed by atoms with Crippen molar-refractivity contribution < 1.29 is 8.42 Å². The maximum atomic E-state index is 11.8. The number of nitrogens with one attached hydrogen (secondary N) is 1. The molecular formula is C14H28N2O2S. The van der Waals surface area contributed by atoms with E-state index in [0.717, 1.165) is 5.92 Å². The van der Waals surface area contributed by atoms with Crippen molar-refractivity contribution in [3.8, 4) is 0 Å². The van der Waals surface area contributed by atoms with E-state index in [0.29, 0.717) is 23.4 Å². The second-order valence-corrected chi connectivity index (χ2v) is 9.52. The fourth-order valence-electron chi connectivity index (χ4n) is 4.06. The Hall–Kier alpha value is -0.130. The summed E-state index contributed by atoms with van der Waals surface area (Å²) in [6.45, 7) is 7.69. The first-order chi connectivity index (χ1) is 8.61. The molecule has 0 heterocycles. The highest BCUT2D eigenvalue weighted by molar-refractivity contribution is 7.89. The molecule has 4 nitrogen and oxygen atoms in total. The molecule has 0 spiro atoms. The zero-order chi connectivity index (χ0) is 14.5. The van der Waals surface area contributed by atoms with Crippen molar-refractivity contribution in [3.63, 3.8) is 0 Å². The van der Waals surface area contributed by atoms with E-state index in [-0.39, 0.29) is 5.75 Å². The van der Waals surface area contributed by atoms with Crippen molar-refractivity contribution in [1.29, 1.82) is 0 Å². The Balaban J connectivity index is 1.93. The van der Waals surface area contributed by atoms with Crippen LogP contribution in [0, 0.1) is 16.7 Å². The summed E-state index contributed by atoms with van der Waals surface area (Å²) in [6.07, 6.45) is 3.80. The summed E-state index contributed by atoms with van der Waals surface area (Å²) in [4.78, 5) is 0. The quantitative estimate of drug-likeness (QED) is 0.837. The molecule has 2 rings (SSSR count). The fourth-order valence-corrected chi connectivity index (χ4v) is 4.80. The Kier molecular flexibility index (Phi) is 3.78. The summed E-state index contributed by atoms with van der Waals surface area (Å²) in [5.74, 6) is 0.984. The van der Waals surface area contributed by atoms with Crippen LogP contribution in [0.25, 0.3) is 0 Å². The summed E-state index contributed by atoms with van der Waals surface area (Å²) in [7, 11) is 0.108. The minimum atomic E-state index is -3.08. The van der Waals surface area contributed by atoms with Crippen LogP contribution in [0.15, 0.2) is 0 Å². The van der Waals surface area contributed by atoms with Gasteiger partial charge in [-0.05, 0) is 36.0 Å². The SMILES string of the molecule is CN(C)S(=O)(=O)CCNC1CC2CCC1(C)C2(C)C. The first kappa shape index (κ1) is 15.3. The smallest absolute Gasteiger partial charge is 0.214 e. The van der Waals surface area contributed by atoms with Crippen LogP contribution >= 0.6 is 0 Å². The van der Waals surface area contributed by atoms with Crippen molar-refractivity contribution in [1.82, 2.24) is 9.62 Å². The average molecular weight is 288 g/mol. The number of hydrogen-bond acceptors (Lipinski definition) is 3. The van der Waals surface area contributed by atoms with Gasteiger partial charge in [-0.1, -0.05) is 20.8 Å². The summed E-state index contributed by atoms with van der Waals surface area (Å²) in [5.41, 5.74) is 0.699. The van der Waals surface area contributed by atoms with Crippen LogP contribution in [-0.2, 0) is 10.0 Å². The molecule has 2 saturated carbocycles. The van der Waals surface area contributed by atoms with Crippen LogP contribution in [0.1, 0.15) is 40.0 Å². The highest BCUT2D eigenvalue weighted by Crippen LogP contribution is 2.65. The van der Waals surface area contributed by atoms with Crippen molar-refractivity contribution in [3.05, 3.63) is 0 Å². The summed E-state index contributed by atoms with van der Waals surface area (Å²) >= 11 is 0. The third kappa shape index (κ3) is 2.34. The monoisotopic (exact) mass is 288 g/mol. The molecule has 0 aromatic rings. The maximum absolute atomic E-state index is 11.8. The van der Waals surface area contributed by atoms with E-state index in [1.165, 1.54) is 23.6 Å². The van der Waals surface area contributed by atoms with E-state index in [1.54, 1.807) is 14.1 Å². The van der Waals surface area contributed by atoms with Gasteiger partial charge in [0, 0.05) is 26.7 Å². The maximum Gasteiger partial charge on any atom is 0.214 e. The average Bonchev–Trinajstić information content (AvgIpc) is 2.61. The van der Waals surface area contributed by atoms with Gasteiger partial charge in [0.25, 0.3) is 0 Å². The van der Waals surface area contributed by atoms with Gasteiger partial charge in [-0.15, -0.1) is 0 Å². The molecule has 5 heteroatoms. The number of rotatable bonds is 5. The predicted molar refractivity (Wildman–Crippen MR) is 78.5 cm³/mol. The van der Waals surface area contributed by atoms with Crippen molar-refractivity contribution >= 4 is 10.0 Å². The van der Waals surface area contributed by atoms with Gasteiger partial charge in [-0.2, -0.15) is 0 Å². The molecule has 0 radical (unpaired) electrons. The lowest BCUT2D eigenvalue weighted by Gasteiger charge is -2.39. The lowest BCUT2D eigenvalue weighted by Crippen LogP contribution is -2.46. The molecule has 1 N–H and O–H groups in total. The van der Waals surface area contributed by atoms with Gasteiger partial charge in [-0.25, -0.2) is 12.7 Å². The third-order valence-electron chi connectivity index (χ3n) is 6.10. The Morgan fingerprint density at radius 3 is 2.32 bits per heavy atom. The summed E-state index contributed by atoms with van der Waals surface area (Å²) in [5, 5.41) is 3.51. The molecule has 0 aromatic heterocycles. The fraction of sp³-hybridized carbons (Fsp3) is 1.00. The van der Waals surface area contributed by atoms with Crippen molar-refractivity contribution in [2.75, 3.05) is 26.4 Å². The second-order valence-electron chi connectivity index (χ2n) is 7.22. The molecule has 2 aliphatic carbocycles. The van der Waals surface area contributed by atoms with Crippen molar-refractivity contribution in [2.45, 2.75) is 46.1 Å². The molecule has 2 fully saturated rings. The highest BCUT2D eigenvalue weighted by Gasteiger charge is 2.60. The predicted octanol–water partition coefficient (Wildman–Crippen LogP) is 1.68.